The van der Waals surface area contributed by atoms with Crippen molar-refractivity contribution in [2.45, 2.75) is 39.3 Å². The third kappa shape index (κ3) is 4.77. The largest absolute Gasteiger partial charge is 0.482 e. The average Bonchev–Trinajstić information content (AvgIpc) is 3.54. The van der Waals surface area contributed by atoms with Crippen LogP contribution in [0.4, 0.5) is 10.1 Å². The van der Waals surface area contributed by atoms with Gasteiger partial charge in [-0.2, -0.15) is 5.10 Å². The number of ether oxygens (including phenoxy) is 1. The fourth-order valence-corrected chi connectivity index (χ4v) is 5.37. The number of hydrogen-bond acceptors (Lipinski definition) is 7. The molecule has 0 saturated carbocycles. The van der Waals surface area contributed by atoms with Crippen molar-refractivity contribution >= 4 is 34.8 Å². The number of halogens is 1. The molecule has 2 aromatic heterocycles. The molecule has 208 valence electrons. The van der Waals surface area contributed by atoms with Crippen LogP contribution < -0.4 is 20.7 Å². The maximum absolute atomic E-state index is 14.5. The number of anilines is 1. The van der Waals surface area contributed by atoms with Crippen molar-refractivity contribution in [1.29, 1.82) is 0 Å². The summed E-state index contributed by atoms with van der Waals surface area (Å²) in [4.78, 5) is 54.2. The molecule has 0 saturated heterocycles. The van der Waals surface area contributed by atoms with Crippen LogP contribution in [0.25, 0.3) is 5.65 Å². The Labute approximate surface area is 233 Å². The van der Waals surface area contributed by atoms with Gasteiger partial charge >= 0.3 is 0 Å². The third-order valence-corrected chi connectivity index (χ3v) is 7.40. The Kier molecular flexibility index (Phi) is 6.45. The standard InChI is InChI=1S/C29H25FN6O5/c1-14-17(15(2)37)4-5-19-18(14)6-7-21(19)35-29(40)24-10-23(34-27-20(30)12-32-36(24)27)28(39)31-11-16-3-8-25-22(9-16)33-26(38)13-41-25/h3-5,8-10,12,21H,6-7,11,13H2,1-2H3,(H,31,39)(H,33,38)(H,35,40)/t21-/m0/s1. The maximum Gasteiger partial charge on any atom is 0.270 e. The molecule has 0 radical (unpaired) electrons. The van der Waals surface area contributed by atoms with Crippen molar-refractivity contribution in [2.24, 2.45) is 0 Å². The molecule has 4 aromatic rings. The Morgan fingerprint density at radius 1 is 1.17 bits per heavy atom. The van der Waals surface area contributed by atoms with E-state index in [1.165, 1.54) is 13.0 Å². The van der Waals surface area contributed by atoms with Crippen molar-refractivity contribution in [1.82, 2.24) is 25.2 Å². The molecule has 6 rings (SSSR count). The molecule has 2 aliphatic rings. The normalized spacial score (nSPS) is 15.5. The van der Waals surface area contributed by atoms with Crippen LogP contribution in [0.1, 0.15) is 73.0 Å². The number of aromatic nitrogens is 3. The summed E-state index contributed by atoms with van der Waals surface area (Å²) >= 11 is 0. The Morgan fingerprint density at radius 2 is 2.00 bits per heavy atom. The molecule has 41 heavy (non-hydrogen) atoms. The number of fused-ring (bicyclic) bond motifs is 3. The van der Waals surface area contributed by atoms with E-state index in [9.17, 15) is 23.6 Å². The molecule has 0 bridgehead atoms. The van der Waals surface area contributed by atoms with Gasteiger partial charge in [-0.25, -0.2) is 13.9 Å². The number of Topliss-reactive ketones (excluding diaryl/α,β-unsaturated/α-hetero) is 1. The lowest BCUT2D eigenvalue weighted by Gasteiger charge is -2.18. The number of nitrogens with zero attached hydrogens (tertiary/aromatic N) is 3. The van der Waals surface area contributed by atoms with Gasteiger partial charge < -0.3 is 20.7 Å². The first-order valence-electron chi connectivity index (χ1n) is 13.0. The number of benzene rings is 2. The molecule has 1 aliphatic heterocycles. The van der Waals surface area contributed by atoms with Crippen LogP contribution in [-0.4, -0.2) is 44.7 Å². The predicted octanol–water partition coefficient (Wildman–Crippen LogP) is 3.06. The molecular formula is C29H25FN6O5. The minimum atomic E-state index is -0.780. The molecule has 1 atom stereocenters. The number of nitrogens with one attached hydrogen (secondary N) is 3. The highest BCUT2D eigenvalue weighted by Crippen LogP contribution is 2.35. The highest BCUT2D eigenvalue weighted by molar-refractivity contribution is 5.99. The first kappa shape index (κ1) is 26.1. The van der Waals surface area contributed by atoms with Gasteiger partial charge in [-0.05, 0) is 61.1 Å². The van der Waals surface area contributed by atoms with E-state index in [1.54, 1.807) is 24.3 Å². The second kappa shape index (κ2) is 10.1. The molecule has 0 spiro atoms. The number of carbonyl (C=O) groups is 4. The second-order valence-electron chi connectivity index (χ2n) is 10.0. The molecule has 3 amide bonds. The fraction of sp³-hybridized carbons (Fsp3) is 0.241. The van der Waals surface area contributed by atoms with Gasteiger partial charge in [0, 0.05) is 18.2 Å². The Balaban J connectivity index is 1.23. The topological polar surface area (TPSA) is 144 Å². The van der Waals surface area contributed by atoms with Crippen LogP contribution in [-0.2, 0) is 17.8 Å². The number of rotatable bonds is 6. The van der Waals surface area contributed by atoms with E-state index in [-0.39, 0.29) is 47.9 Å². The zero-order valence-corrected chi connectivity index (χ0v) is 22.2. The van der Waals surface area contributed by atoms with Gasteiger partial charge in [-0.15, -0.1) is 0 Å². The van der Waals surface area contributed by atoms with E-state index < -0.39 is 17.6 Å². The Hall–Kier alpha value is -5.13. The van der Waals surface area contributed by atoms with Crippen LogP contribution in [0, 0.1) is 12.7 Å². The molecule has 12 heteroatoms. The summed E-state index contributed by atoms with van der Waals surface area (Å²) in [5, 5.41) is 12.3. The molecule has 11 nitrogen and oxygen atoms in total. The SMILES string of the molecule is CC(=O)c1ccc2c(c1C)CC[C@@H]2NC(=O)c1cc(C(=O)NCc2ccc3c(c2)NC(=O)CO3)nc2c(F)cnn12. The molecule has 0 unspecified atom stereocenters. The van der Waals surface area contributed by atoms with E-state index in [0.29, 0.717) is 35.4 Å². The second-order valence-corrected chi connectivity index (χ2v) is 10.0. The molecular weight excluding hydrogens is 531 g/mol. The van der Waals surface area contributed by atoms with E-state index in [0.717, 1.165) is 27.4 Å². The van der Waals surface area contributed by atoms with Gasteiger partial charge in [-0.1, -0.05) is 18.2 Å². The average molecular weight is 557 g/mol. The third-order valence-electron chi connectivity index (χ3n) is 7.40. The smallest absolute Gasteiger partial charge is 0.270 e. The summed E-state index contributed by atoms with van der Waals surface area (Å²) in [5.41, 5.74) is 4.21. The summed E-state index contributed by atoms with van der Waals surface area (Å²) in [6, 6.07) is 9.66. The van der Waals surface area contributed by atoms with Crippen LogP contribution in [0.15, 0.2) is 42.6 Å². The lowest BCUT2D eigenvalue weighted by atomic mass is 9.96. The number of ketones is 1. The van der Waals surface area contributed by atoms with Gasteiger partial charge in [-0.3, -0.25) is 19.2 Å². The van der Waals surface area contributed by atoms with Crippen LogP contribution >= 0.6 is 0 Å². The van der Waals surface area contributed by atoms with Gasteiger partial charge in [0.2, 0.25) is 0 Å². The van der Waals surface area contributed by atoms with Crippen LogP contribution in [0.3, 0.4) is 0 Å². The van der Waals surface area contributed by atoms with Gasteiger partial charge in [0.05, 0.1) is 17.9 Å². The van der Waals surface area contributed by atoms with Crippen molar-refractivity contribution in [3.05, 3.63) is 87.6 Å². The van der Waals surface area contributed by atoms with Crippen LogP contribution in [0.2, 0.25) is 0 Å². The van der Waals surface area contributed by atoms with E-state index in [2.05, 4.69) is 26.0 Å². The quantitative estimate of drug-likeness (QED) is 0.310. The van der Waals surface area contributed by atoms with Crippen LogP contribution in [0.5, 0.6) is 5.75 Å². The fourth-order valence-electron chi connectivity index (χ4n) is 5.37. The summed E-state index contributed by atoms with van der Waals surface area (Å²) in [6.45, 7) is 3.44. The highest BCUT2D eigenvalue weighted by atomic mass is 19.1. The summed E-state index contributed by atoms with van der Waals surface area (Å²) in [7, 11) is 0. The first-order valence-corrected chi connectivity index (χ1v) is 13.0. The van der Waals surface area contributed by atoms with Crippen molar-refractivity contribution in [3.8, 4) is 5.75 Å². The number of hydrogen-bond donors (Lipinski definition) is 3. The number of amides is 3. The monoisotopic (exact) mass is 556 g/mol. The lowest BCUT2D eigenvalue weighted by Crippen LogP contribution is -2.31. The van der Waals surface area contributed by atoms with Gasteiger partial charge in [0.25, 0.3) is 17.7 Å². The highest BCUT2D eigenvalue weighted by Gasteiger charge is 2.29. The Morgan fingerprint density at radius 3 is 2.80 bits per heavy atom. The van der Waals surface area contributed by atoms with E-state index >= 15 is 0 Å². The van der Waals surface area contributed by atoms with E-state index in [1.807, 2.05) is 13.0 Å². The summed E-state index contributed by atoms with van der Waals surface area (Å²) in [6.07, 6.45) is 2.26. The molecule has 3 heterocycles. The molecule has 2 aromatic carbocycles. The van der Waals surface area contributed by atoms with Crippen molar-refractivity contribution in [2.75, 3.05) is 11.9 Å². The predicted molar refractivity (Wildman–Crippen MR) is 144 cm³/mol. The van der Waals surface area contributed by atoms with Gasteiger partial charge in [0.15, 0.2) is 23.9 Å². The summed E-state index contributed by atoms with van der Waals surface area (Å²) < 4.78 is 21.0. The van der Waals surface area contributed by atoms with E-state index in [4.69, 9.17) is 4.74 Å². The van der Waals surface area contributed by atoms with Gasteiger partial charge in [0.1, 0.15) is 17.1 Å². The van der Waals surface area contributed by atoms with Crippen molar-refractivity contribution < 1.29 is 28.3 Å². The Bertz CT molecular complexity index is 1780. The summed E-state index contributed by atoms with van der Waals surface area (Å²) in [5.74, 6) is -1.72. The van der Waals surface area contributed by atoms with Crippen molar-refractivity contribution in [3.63, 3.8) is 0 Å². The minimum Gasteiger partial charge on any atom is -0.482 e. The lowest BCUT2D eigenvalue weighted by molar-refractivity contribution is -0.118. The molecule has 1 aliphatic carbocycles. The number of carbonyl (C=O) groups excluding carboxylic acids is 4. The minimum absolute atomic E-state index is 0.0177. The molecule has 3 N–H and O–H groups in total. The first-order chi connectivity index (χ1) is 19.7. The maximum atomic E-state index is 14.5. The zero-order chi connectivity index (χ0) is 28.8. The zero-order valence-electron chi connectivity index (χ0n) is 22.2. The molecule has 0 fully saturated rings.